The van der Waals surface area contributed by atoms with Crippen molar-refractivity contribution in [2.24, 2.45) is 0 Å². The van der Waals surface area contributed by atoms with Crippen molar-refractivity contribution in [3.05, 3.63) is 91.0 Å². The molecule has 4 nitrogen and oxygen atoms in total. The quantitative estimate of drug-likeness (QED) is 0.461. The molecule has 1 saturated carbocycles. The van der Waals surface area contributed by atoms with Crippen molar-refractivity contribution in [2.45, 2.75) is 41.8 Å². The molecule has 35 heavy (non-hydrogen) atoms. The van der Waals surface area contributed by atoms with Crippen LogP contribution < -0.4 is 34.5 Å². The minimum absolute atomic E-state index is 0.435. The van der Waals surface area contributed by atoms with Gasteiger partial charge < -0.3 is 0 Å². The van der Waals surface area contributed by atoms with Crippen molar-refractivity contribution >= 4 is 46.7 Å². The molecule has 2 aliphatic rings. The second kappa shape index (κ2) is 12.0. The summed E-state index contributed by atoms with van der Waals surface area (Å²) in [4.78, 5) is 0. The Hall–Kier alpha value is -1.08. The molecule has 1 heterocycles. The van der Waals surface area contributed by atoms with Crippen LogP contribution in [0.2, 0.25) is 0 Å². The van der Waals surface area contributed by atoms with Crippen molar-refractivity contribution in [1.29, 1.82) is 0 Å². The maximum absolute atomic E-state index is 8.49. The Balaban J connectivity index is 0.000000527. The van der Waals surface area contributed by atoms with Crippen molar-refractivity contribution in [3.8, 4) is 0 Å². The molecule has 0 radical (unpaired) electrons. The van der Waals surface area contributed by atoms with Gasteiger partial charge in [0, 0.05) is 6.42 Å². The zero-order valence-corrected chi connectivity index (χ0v) is 22.7. The third-order valence-corrected chi connectivity index (χ3v) is 15.1. The van der Waals surface area contributed by atoms with E-state index in [1.807, 2.05) is 0 Å². The number of hydrogen-bond acceptors (Lipinski definition) is 6. The molecule has 186 valence electrons. The van der Waals surface area contributed by atoms with E-state index in [9.17, 15) is 0 Å². The Labute approximate surface area is 219 Å². The number of benzene rings is 3. The summed E-state index contributed by atoms with van der Waals surface area (Å²) < 4.78 is 34.4. The van der Waals surface area contributed by atoms with Crippen LogP contribution >= 0.6 is 30.8 Å². The molecular weight excluding hydrogens is 519 g/mol. The smallest absolute Gasteiger partial charge is 0.115 e. The van der Waals surface area contributed by atoms with Crippen LogP contribution in [-0.4, -0.2) is 21.2 Å². The van der Waals surface area contributed by atoms with Gasteiger partial charge in [0.05, 0.1) is 9.74 Å². The lowest BCUT2D eigenvalue weighted by molar-refractivity contribution is -2.00. The number of thioether (sulfide) groups is 2. The minimum atomic E-state index is -4.94. The first-order valence-electron chi connectivity index (χ1n) is 11.8. The van der Waals surface area contributed by atoms with Crippen molar-refractivity contribution in [2.75, 3.05) is 11.5 Å². The zero-order valence-electron chi connectivity index (χ0n) is 19.5. The van der Waals surface area contributed by atoms with E-state index in [2.05, 4.69) is 115 Å². The maximum Gasteiger partial charge on any atom is 0.115 e. The summed E-state index contributed by atoms with van der Waals surface area (Å²) in [6.45, 7) is 0. The Morgan fingerprint density at radius 3 is 1.46 bits per heavy atom. The van der Waals surface area contributed by atoms with Gasteiger partial charge in [-0.15, -0.1) is 33.8 Å². The van der Waals surface area contributed by atoms with E-state index in [1.54, 1.807) is 15.9 Å². The lowest BCUT2D eigenvalue weighted by Crippen LogP contribution is -2.68. The van der Waals surface area contributed by atoms with Crippen LogP contribution in [0.1, 0.15) is 32.1 Å². The Morgan fingerprint density at radius 1 is 0.657 bits per heavy atom. The molecule has 1 aliphatic heterocycles. The second-order valence-electron chi connectivity index (χ2n) is 8.82. The molecule has 0 N–H and O–H groups in total. The molecule has 3 aromatic carbocycles. The molecule has 1 atom stereocenters. The van der Waals surface area contributed by atoms with Gasteiger partial charge in [0.15, 0.2) is 0 Å². The average molecular weight is 549 g/mol. The predicted octanol–water partition coefficient (Wildman–Crippen LogP) is 1.73. The van der Waals surface area contributed by atoms with Crippen LogP contribution in [0.4, 0.5) is 0 Å². The van der Waals surface area contributed by atoms with Crippen LogP contribution in [0.15, 0.2) is 91.0 Å². The zero-order chi connectivity index (χ0) is 24.8. The molecule has 0 amide bonds. The monoisotopic (exact) mass is 548 g/mol. The van der Waals surface area contributed by atoms with Crippen LogP contribution in [0.25, 0.3) is 0 Å². The summed E-state index contributed by atoms with van der Waals surface area (Å²) in [7, 11) is -6.69. The van der Waals surface area contributed by atoms with Crippen LogP contribution in [0.5, 0.6) is 0 Å². The summed E-state index contributed by atoms with van der Waals surface area (Å²) in [5.41, 5.74) is 0.705. The summed E-state index contributed by atoms with van der Waals surface area (Å²) in [6, 6.07) is 34.5. The van der Waals surface area contributed by atoms with Crippen molar-refractivity contribution in [1.82, 2.24) is 0 Å². The Bertz CT molecular complexity index is 937. The topological polar surface area (TPSA) is 92.2 Å². The fourth-order valence-electron chi connectivity index (χ4n) is 5.45. The van der Waals surface area contributed by atoms with Gasteiger partial charge in [-0.25, -0.2) is 18.6 Å². The van der Waals surface area contributed by atoms with Gasteiger partial charge in [0.2, 0.25) is 0 Å². The standard InChI is InChI=1S/C27H30PS2.ClHO4/c1-4-12-23(13-5-1)28(24-14-6-2-7-15-24,25-16-8-3-9-17-25)26-18-10-19-27(22-26)29-20-11-21-30-27;2-1(3,4)5/h1-9,12-17,26H,10-11,18-22H2;(H,2,3,4,5)/q+1;/p-1. The number of rotatable bonds is 4. The van der Waals surface area contributed by atoms with Gasteiger partial charge in [-0.3, -0.25) is 0 Å². The molecule has 0 aromatic heterocycles. The van der Waals surface area contributed by atoms with Crippen LogP contribution in [0.3, 0.4) is 0 Å². The minimum Gasteiger partial charge on any atom is -0.222 e. The molecule has 1 aliphatic carbocycles. The van der Waals surface area contributed by atoms with Crippen LogP contribution in [0, 0.1) is 10.2 Å². The van der Waals surface area contributed by atoms with Crippen LogP contribution in [-0.2, 0) is 0 Å². The predicted molar refractivity (Wildman–Crippen MR) is 140 cm³/mol. The lowest BCUT2D eigenvalue weighted by Gasteiger charge is -2.45. The molecule has 0 bridgehead atoms. The molecule has 2 fully saturated rings. The molecule has 8 heteroatoms. The summed E-state index contributed by atoms with van der Waals surface area (Å²) in [5.74, 6) is 2.68. The number of hydrogen-bond donors (Lipinski definition) is 0. The molecule has 1 spiro atoms. The summed E-state index contributed by atoms with van der Waals surface area (Å²) in [5, 5.41) is 4.65. The van der Waals surface area contributed by atoms with Gasteiger partial charge in [0.25, 0.3) is 0 Å². The molecule has 1 saturated heterocycles. The summed E-state index contributed by atoms with van der Waals surface area (Å²) in [6.07, 6.45) is 6.80. The molecule has 1 unspecified atom stereocenters. The highest BCUT2D eigenvalue weighted by Gasteiger charge is 2.56. The first-order chi connectivity index (χ1) is 16.8. The lowest BCUT2D eigenvalue weighted by atomic mass is 9.99. The summed E-state index contributed by atoms with van der Waals surface area (Å²) >= 11 is 4.55. The van der Waals surface area contributed by atoms with E-state index in [0.717, 1.165) is 0 Å². The fraction of sp³-hybridized carbons (Fsp3) is 0.333. The van der Waals surface area contributed by atoms with Gasteiger partial charge >= 0.3 is 0 Å². The van der Waals surface area contributed by atoms with E-state index >= 15 is 0 Å². The fourth-order valence-corrected chi connectivity index (χ4v) is 14.5. The highest BCUT2D eigenvalue weighted by Crippen LogP contribution is 2.67. The highest BCUT2D eigenvalue weighted by molar-refractivity contribution is 8.18. The normalized spacial score (nSPS) is 20.1. The molecular formula is C27H30ClO4PS2. The Morgan fingerprint density at radius 2 is 1.06 bits per heavy atom. The molecule has 5 rings (SSSR count). The van der Waals surface area contributed by atoms with Gasteiger partial charge in [-0.1, -0.05) is 54.6 Å². The average Bonchev–Trinajstić information content (AvgIpc) is 2.86. The first kappa shape index (κ1) is 27.0. The number of halogens is 1. The highest BCUT2D eigenvalue weighted by atomic mass is 35.7. The Kier molecular flexibility index (Phi) is 9.23. The molecule has 3 aromatic rings. The van der Waals surface area contributed by atoms with Gasteiger partial charge in [-0.05, 0) is 73.6 Å². The largest absolute Gasteiger partial charge is 0.222 e. The van der Waals surface area contributed by atoms with Crippen molar-refractivity contribution in [3.63, 3.8) is 0 Å². The van der Waals surface area contributed by atoms with E-state index < -0.39 is 17.5 Å². The second-order valence-corrected chi connectivity index (χ2v) is 16.5. The van der Waals surface area contributed by atoms with E-state index in [0.29, 0.717) is 9.74 Å². The SMILES string of the molecule is [O-][Cl+3]([O-])([O-])[O-].c1ccc([P+](c2ccccc2)(c2ccccc2)C2CCCC3(C2)SCCCS3)cc1. The van der Waals surface area contributed by atoms with Crippen molar-refractivity contribution < 1.29 is 28.9 Å². The van der Waals surface area contributed by atoms with E-state index in [4.69, 9.17) is 18.6 Å². The van der Waals surface area contributed by atoms with E-state index in [-0.39, 0.29) is 0 Å². The third-order valence-electron chi connectivity index (χ3n) is 6.70. The van der Waals surface area contributed by atoms with E-state index in [1.165, 1.54) is 43.6 Å². The maximum atomic E-state index is 8.49. The first-order valence-corrected chi connectivity index (χ1v) is 16.9. The van der Waals surface area contributed by atoms with Gasteiger partial charge in [0.1, 0.15) is 23.2 Å². The van der Waals surface area contributed by atoms with Gasteiger partial charge in [-0.2, -0.15) is 0 Å². The third kappa shape index (κ3) is 6.63.